The molecule has 0 aliphatic carbocycles. The molecule has 0 saturated carbocycles. The number of hydrogen-bond donors (Lipinski definition) is 0. The van der Waals surface area contributed by atoms with Crippen LogP contribution in [0.4, 0.5) is 0 Å². The summed E-state index contributed by atoms with van der Waals surface area (Å²) in [5, 5.41) is 8.39. The SMILES string of the molecule is COc1cc2c(cc1OC)CN(C(=O)c1ccc(-c3ccccc3)nn1)CC2. The second-order valence-electron chi connectivity index (χ2n) is 6.62. The normalized spacial score (nSPS) is 13.0. The number of fused-ring (bicyclic) bond motifs is 1. The van der Waals surface area contributed by atoms with Crippen LogP contribution in [-0.2, 0) is 13.0 Å². The van der Waals surface area contributed by atoms with E-state index in [0.717, 1.165) is 23.2 Å². The van der Waals surface area contributed by atoms with Crippen LogP contribution >= 0.6 is 0 Å². The number of methoxy groups -OCH3 is 2. The van der Waals surface area contributed by atoms with E-state index in [1.54, 1.807) is 25.2 Å². The van der Waals surface area contributed by atoms with Crippen molar-refractivity contribution in [3.8, 4) is 22.8 Å². The minimum absolute atomic E-state index is 0.118. The lowest BCUT2D eigenvalue weighted by molar-refractivity contribution is 0.0727. The molecule has 0 atom stereocenters. The first-order valence-corrected chi connectivity index (χ1v) is 9.12. The van der Waals surface area contributed by atoms with Gasteiger partial charge in [0.1, 0.15) is 0 Å². The summed E-state index contributed by atoms with van der Waals surface area (Å²) in [6.07, 6.45) is 0.761. The van der Waals surface area contributed by atoms with E-state index in [1.807, 2.05) is 48.5 Å². The van der Waals surface area contributed by atoms with Crippen LogP contribution < -0.4 is 9.47 Å². The predicted octanol–water partition coefficient (Wildman–Crippen LogP) is 3.36. The molecule has 2 heterocycles. The van der Waals surface area contributed by atoms with E-state index in [2.05, 4.69) is 10.2 Å². The zero-order valence-electron chi connectivity index (χ0n) is 15.9. The zero-order valence-corrected chi connectivity index (χ0v) is 15.9. The third-order valence-corrected chi connectivity index (χ3v) is 4.96. The van der Waals surface area contributed by atoms with E-state index >= 15 is 0 Å². The molecule has 0 N–H and O–H groups in total. The van der Waals surface area contributed by atoms with Gasteiger partial charge in [0.25, 0.3) is 5.91 Å². The van der Waals surface area contributed by atoms with Crippen molar-refractivity contribution in [2.45, 2.75) is 13.0 Å². The molecular weight excluding hydrogens is 354 g/mol. The molecule has 0 spiro atoms. The van der Waals surface area contributed by atoms with Crippen LogP contribution in [0.1, 0.15) is 21.6 Å². The summed E-state index contributed by atoms with van der Waals surface area (Å²) < 4.78 is 10.8. The molecule has 142 valence electrons. The highest BCUT2D eigenvalue weighted by Crippen LogP contribution is 2.33. The lowest BCUT2D eigenvalue weighted by atomic mass is 9.98. The number of ether oxygens (including phenoxy) is 2. The van der Waals surface area contributed by atoms with Gasteiger partial charge in [-0.3, -0.25) is 4.79 Å². The van der Waals surface area contributed by atoms with E-state index in [1.165, 1.54) is 5.56 Å². The first-order valence-electron chi connectivity index (χ1n) is 9.12. The van der Waals surface area contributed by atoms with E-state index in [9.17, 15) is 4.79 Å². The fraction of sp³-hybridized carbons (Fsp3) is 0.227. The number of hydrogen-bond acceptors (Lipinski definition) is 5. The molecule has 1 aromatic heterocycles. The van der Waals surface area contributed by atoms with Crippen molar-refractivity contribution in [1.29, 1.82) is 0 Å². The van der Waals surface area contributed by atoms with E-state index in [0.29, 0.717) is 30.3 Å². The highest BCUT2D eigenvalue weighted by molar-refractivity contribution is 5.92. The number of carbonyl (C=O) groups is 1. The molecule has 1 aliphatic rings. The average molecular weight is 375 g/mol. The molecule has 0 unspecified atom stereocenters. The third kappa shape index (κ3) is 3.41. The van der Waals surface area contributed by atoms with Crippen LogP contribution in [-0.4, -0.2) is 41.8 Å². The highest BCUT2D eigenvalue weighted by atomic mass is 16.5. The number of rotatable bonds is 4. The maximum atomic E-state index is 12.9. The maximum absolute atomic E-state index is 12.9. The van der Waals surface area contributed by atoms with Crippen LogP contribution in [0.25, 0.3) is 11.3 Å². The number of aromatic nitrogens is 2. The van der Waals surface area contributed by atoms with Crippen molar-refractivity contribution >= 4 is 5.91 Å². The largest absolute Gasteiger partial charge is 0.493 e. The minimum atomic E-state index is -0.118. The Morgan fingerprint density at radius 3 is 2.29 bits per heavy atom. The van der Waals surface area contributed by atoms with E-state index in [-0.39, 0.29) is 5.91 Å². The molecule has 4 rings (SSSR count). The Morgan fingerprint density at radius 2 is 1.64 bits per heavy atom. The van der Waals surface area contributed by atoms with Crippen LogP contribution in [0.2, 0.25) is 0 Å². The van der Waals surface area contributed by atoms with Crippen LogP contribution in [0, 0.1) is 0 Å². The molecule has 28 heavy (non-hydrogen) atoms. The second kappa shape index (κ2) is 7.68. The fourth-order valence-electron chi connectivity index (χ4n) is 3.43. The topological polar surface area (TPSA) is 64.6 Å². The van der Waals surface area contributed by atoms with Gasteiger partial charge in [-0.25, -0.2) is 0 Å². The van der Waals surface area contributed by atoms with Crippen molar-refractivity contribution in [3.63, 3.8) is 0 Å². The summed E-state index contributed by atoms with van der Waals surface area (Å²) in [5.74, 6) is 1.26. The average Bonchev–Trinajstić information content (AvgIpc) is 2.78. The maximum Gasteiger partial charge on any atom is 0.274 e. The Morgan fingerprint density at radius 1 is 0.929 bits per heavy atom. The van der Waals surface area contributed by atoms with Gasteiger partial charge in [-0.15, -0.1) is 10.2 Å². The first kappa shape index (κ1) is 18.0. The minimum Gasteiger partial charge on any atom is -0.493 e. The molecule has 2 aromatic carbocycles. The highest BCUT2D eigenvalue weighted by Gasteiger charge is 2.24. The first-order chi connectivity index (χ1) is 13.7. The monoisotopic (exact) mass is 375 g/mol. The van der Waals surface area contributed by atoms with Gasteiger partial charge in [0.05, 0.1) is 19.9 Å². The van der Waals surface area contributed by atoms with Crippen LogP contribution in [0.15, 0.2) is 54.6 Å². The van der Waals surface area contributed by atoms with Crippen LogP contribution in [0.5, 0.6) is 11.5 Å². The summed E-state index contributed by atoms with van der Waals surface area (Å²) in [7, 11) is 3.24. The summed E-state index contributed by atoms with van der Waals surface area (Å²) in [4.78, 5) is 14.7. The molecule has 1 amide bonds. The second-order valence-corrected chi connectivity index (χ2v) is 6.62. The molecule has 1 aliphatic heterocycles. The molecule has 0 saturated heterocycles. The molecule has 0 fully saturated rings. The molecule has 0 bridgehead atoms. The smallest absolute Gasteiger partial charge is 0.274 e. The van der Waals surface area contributed by atoms with E-state index in [4.69, 9.17) is 9.47 Å². The predicted molar refractivity (Wildman–Crippen MR) is 105 cm³/mol. The Hall–Kier alpha value is -3.41. The zero-order chi connectivity index (χ0) is 19.5. The summed E-state index contributed by atoms with van der Waals surface area (Å²) in [6.45, 7) is 1.14. The van der Waals surface area contributed by atoms with Gasteiger partial charge in [-0.2, -0.15) is 0 Å². The lowest BCUT2D eigenvalue weighted by Crippen LogP contribution is -2.36. The van der Waals surface area contributed by atoms with Gasteiger partial charge in [0.15, 0.2) is 17.2 Å². The van der Waals surface area contributed by atoms with Gasteiger partial charge in [-0.05, 0) is 41.8 Å². The van der Waals surface area contributed by atoms with Crippen molar-refractivity contribution in [2.75, 3.05) is 20.8 Å². The van der Waals surface area contributed by atoms with Crippen molar-refractivity contribution < 1.29 is 14.3 Å². The number of amides is 1. The lowest BCUT2D eigenvalue weighted by Gasteiger charge is -2.29. The van der Waals surface area contributed by atoms with Gasteiger partial charge >= 0.3 is 0 Å². The third-order valence-electron chi connectivity index (χ3n) is 4.96. The molecule has 6 nitrogen and oxygen atoms in total. The van der Waals surface area contributed by atoms with Crippen molar-refractivity contribution in [2.24, 2.45) is 0 Å². The molecular formula is C22H21N3O3. The standard InChI is InChI=1S/C22H21N3O3/c1-27-20-12-16-10-11-25(14-17(16)13-21(20)28-2)22(26)19-9-8-18(23-24-19)15-6-4-3-5-7-15/h3-9,12-13H,10-11,14H2,1-2H3. The van der Waals surface area contributed by atoms with Gasteiger partial charge in [0, 0.05) is 18.7 Å². The summed E-state index contributed by atoms with van der Waals surface area (Å²) >= 11 is 0. The molecule has 6 heteroatoms. The van der Waals surface area contributed by atoms with Gasteiger partial charge in [-0.1, -0.05) is 30.3 Å². The van der Waals surface area contributed by atoms with Gasteiger partial charge < -0.3 is 14.4 Å². The summed E-state index contributed by atoms with van der Waals surface area (Å²) in [6, 6.07) is 17.3. The molecule has 0 radical (unpaired) electrons. The number of benzene rings is 2. The Balaban J connectivity index is 1.53. The summed E-state index contributed by atoms with van der Waals surface area (Å²) in [5.41, 5.74) is 4.31. The number of carbonyl (C=O) groups excluding carboxylic acids is 1. The quantitative estimate of drug-likeness (QED) is 0.700. The Bertz CT molecular complexity index is 988. The Kier molecular flexibility index (Phi) is 4.93. The van der Waals surface area contributed by atoms with Crippen molar-refractivity contribution in [1.82, 2.24) is 15.1 Å². The Labute approximate surface area is 163 Å². The van der Waals surface area contributed by atoms with Gasteiger partial charge in [0.2, 0.25) is 0 Å². The number of nitrogens with zero attached hydrogens (tertiary/aromatic N) is 3. The van der Waals surface area contributed by atoms with E-state index < -0.39 is 0 Å². The molecule has 3 aromatic rings. The van der Waals surface area contributed by atoms with Crippen LogP contribution in [0.3, 0.4) is 0 Å². The fourth-order valence-corrected chi connectivity index (χ4v) is 3.43. The van der Waals surface area contributed by atoms with Crippen molar-refractivity contribution in [3.05, 3.63) is 71.4 Å².